The first kappa shape index (κ1) is 19.8. The fraction of sp³-hybridized carbons (Fsp3) is 0.0345. The fourth-order valence-corrected chi connectivity index (χ4v) is 6.08. The second-order valence-corrected chi connectivity index (χ2v) is 10.2. The van der Waals surface area contributed by atoms with Crippen molar-refractivity contribution in [3.05, 3.63) is 115 Å². The fourth-order valence-electron chi connectivity index (χ4n) is 4.56. The summed E-state index contributed by atoms with van der Waals surface area (Å²) in [6.07, 6.45) is 0. The lowest BCUT2D eigenvalue weighted by Crippen LogP contribution is -2.12. The molecule has 0 aliphatic rings. The number of para-hydroxylation sites is 1. The first-order chi connectivity index (χ1) is 16.0. The summed E-state index contributed by atoms with van der Waals surface area (Å²) in [5.74, 6) is 0. The van der Waals surface area contributed by atoms with Gasteiger partial charge in [0.25, 0.3) is 10.0 Å². The Bertz CT molecular complexity index is 1760. The third kappa shape index (κ3) is 3.14. The van der Waals surface area contributed by atoms with Gasteiger partial charge in [0.15, 0.2) is 0 Å². The van der Waals surface area contributed by atoms with E-state index in [2.05, 4.69) is 36.4 Å². The molecule has 0 fully saturated rings. The first-order valence-corrected chi connectivity index (χ1v) is 12.3. The quantitative estimate of drug-likeness (QED) is 0.289. The molecular formula is C29H21NO2S. The van der Waals surface area contributed by atoms with E-state index in [-0.39, 0.29) is 4.90 Å². The van der Waals surface area contributed by atoms with Gasteiger partial charge in [-0.1, -0.05) is 78.4 Å². The van der Waals surface area contributed by atoms with Crippen molar-refractivity contribution in [2.45, 2.75) is 11.8 Å². The zero-order chi connectivity index (χ0) is 22.6. The number of hydrogen-bond acceptors (Lipinski definition) is 2. The van der Waals surface area contributed by atoms with E-state index in [1.807, 2.05) is 67.6 Å². The van der Waals surface area contributed by atoms with Crippen LogP contribution in [0.15, 0.2) is 114 Å². The largest absolute Gasteiger partial charge is 0.268 e. The van der Waals surface area contributed by atoms with Crippen molar-refractivity contribution < 1.29 is 8.42 Å². The third-order valence-electron chi connectivity index (χ3n) is 6.25. The number of fused-ring (bicyclic) bond motifs is 4. The minimum absolute atomic E-state index is 0.286. The molecule has 0 saturated carbocycles. The lowest BCUT2D eigenvalue weighted by Gasteiger charge is -2.10. The second-order valence-electron chi connectivity index (χ2n) is 8.40. The van der Waals surface area contributed by atoms with Crippen molar-refractivity contribution in [3.63, 3.8) is 0 Å². The van der Waals surface area contributed by atoms with Gasteiger partial charge in [-0.05, 0) is 65.2 Å². The predicted molar refractivity (Wildman–Crippen MR) is 136 cm³/mol. The predicted octanol–water partition coefficient (Wildman–Crippen LogP) is 7.16. The Morgan fingerprint density at radius 2 is 1.30 bits per heavy atom. The van der Waals surface area contributed by atoms with Gasteiger partial charge in [-0.25, -0.2) is 12.4 Å². The molecule has 1 aromatic heterocycles. The molecule has 33 heavy (non-hydrogen) atoms. The molecule has 0 saturated heterocycles. The molecule has 5 aromatic carbocycles. The van der Waals surface area contributed by atoms with E-state index in [9.17, 15) is 8.42 Å². The van der Waals surface area contributed by atoms with Crippen molar-refractivity contribution >= 4 is 42.6 Å². The van der Waals surface area contributed by atoms with Gasteiger partial charge in [-0.2, -0.15) is 0 Å². The molecule has 1 heterocycles. The van der Waals surface area contributed by atoms with Crippen LogP contribution in [0.3, 0.4) is 0 Å². The molecule has 0 spiro atoms. The summed E-state index contributed by atoms with van der Waals surface area (Å²) in [6.45, 7) is 1.95. The van der Waals surface area contributed by atoms with Crippen molar-refractivity contribution in [2.24, 2.45) is 0 Å². The maximum absolute atomic E-state index is 13.8. The second kappa shape index (κ2) is 7.32. The van der Waals surface area contributed by atoms with Gasteiger partial charge >= 0.3 is 0 Å². The van der Waals surface area contributed by atoms with Crippen molar-refractivity contribution in [3.8, 4) is 11.1 Å². The molecule has 6 aromatic rings. The monoisotopic (exact) mass is 447 g/mol. The van der Waals surface area contributed by atoms with Crippen LogP contribution in [-0.4, -0.2) is 12.4 Å². The van der Waals surface area contributed by atoms with E-state index >= 15 is 0 Å². The van der Waals surface area contributed by atoms with Gasteiger partial charge in [0.05, 0.1) is 15.9 Å². The summed E-state index contributed by atoms with van der Waals surface area (Å²) >= 11 is 0. The topological polar surface area (TPSA) is 39.1 Å². The number of rotatable bonds is 3. The molecule has 0 atom stereocenters. The minimum Gasteiger partial charge on any atom is -0.233 e. The van der Waals surface area contributed by atoms with E-state index in [1.54, 1.807) is 12.1 Å². The van der Waals surface area contributed by atoms with Crippen LogP contribution < -0.4 is 0 Å². The van der Waals surface area contributed by atoms with Crippen molar-refractivity contribution in [2.75, 3.05) is 0 Å². The molecule has 0 radical (unpaired) electrons. The zero-order valence-electron chi connectivity index (χ0n) is 18.1. The summed E-state index contributed by atoms with van der Waals surface area (Å²) in [5, 5.41) is 3.95. The molecule has 0 aliphatic heterocycles. The van der Waals surface area contributed by atoms with Crippen LogP contribution in [0.4, 0.5) is 0 Å². The Labute approximate surface area is 192 Å². The standard InChI is InChI=1S/C29H21NO2S/c1-20-11-15-25(16-12-20)33(31,32)30-28-10-6-5-9-26(28)27-18-23-14-13-22(17-24(23)19-29(27)30)21-7-3-2-4-8-21/h2-19H,1H3. The zero-order valence-corrected chi connectivity index (χ0v) is 18.9. The Morgan fingerprint density at radius 1 is 0.576 bits per heavy atom. The average molecular weight is 448 g/mol. The van der Waals surface area contributed by atoms with E-state index in [0.29, 0.717) is 11.0 Å². The Kier molecular flexibility index (Phi) is 4.39. The van der Waals surface area contributed by atoms with Crippen molar-refractivity contribution in [1.29, 1.82) is 0 Å². The highest BCUT2D eigenvalue weighted by Crippen LogP contribution is 2.36. The SMILES string of the molecule is Cc1ccc(S(=O)(=O)n2c3ccccc3c3cc4ccc(-c5ccccc5)cc4cc32)cc1. The molecule has 0 unspecified atom stereocenters. The molecule has 0 bridgehead atoms. The minimum atomic E-state index is -3.78. The number of aromatic nitrogens is 1. The summed E-state index contributed by atoms with van der Waals surface area (Å²) in [6, 6.07) is 35.4. The van der Waals surface area contributed by atoms with E-state index in [0.717, 1.165) is 38.2 Å². The maximum atomic E-state index is 13.8. The number of hydrogen-bond donors (Lipinski definition) is 0. The molecule has 3 nitrogen and oxygen atoms in total. The average Bonchev–Trinajstić information content (AvgIpc) is 3.17. The first-order valence-electron chi connectivity index (χ1n) is 10.9. The van der Waals surface area contributed by atoms with E-state index in [1.165, 1.54) is 3.97 Å². The normalized spacial score (nSPS) is 12.0. The highest BCUT2D eigenvalue weighted by Gasteiger charge is 2.23. The van der Waals surface area contributed by atoms with E-state index < -0.39 is 10.0 Å². The number of aryl methyl sites for hydroxylation is 1. The molecule has 4 heteroatoms. The van der Waals surface area contributed by atoms with Gasteiger partial charge < -0.3 is 0 Å². The van der Waals surface area contributed by atoms with Crippen LogP contribution in [0.2, 0.25) is 0 Å². The summed E-state index contributed by atoms with van der Waals surface area (Å²) in [7, 11) is -3.78. The van der Waals surface area contributed by atoms with Gasteiger partial charge in [0.2, 0.25) is 0 Å². The third-order valence-corrected chi connectivity index (χ3v) is 7.99. The van der Waals surface area contributed by atoms with E-state index in [4.69, 9.17) is 0 Å². The molecule has 6 rings (SSSR count). The van der Waals surface area contributed by atoms with Gasteiger partial charge in [-0.3, -0.25) is 0 Å². The summed E-state index contributed by atoms with van der Waals surface area (Å²) < 4.78 is 29.1. The smallest absolute Gasteiger partial charge is 0.233 e. The van der Waals surface area contributed by atoms with Gasteiger partial charge in [-0.15, -0.1) is 0 Å². The molecule has 0 amide bonds. The van der Waals surface area contributed by atoms with Crippen LogP contribution in [0.5, 0.6) is 0 Å². The molecule has 0 N–H and O–H groups in total. The summed E-state index contributed by atoms with van der Waals surface area (Å²) in [4.78, 5) is 0.286. The molecule has 160 valence electrons. The van der Waals surface area contributed by atoms with Crippen LogP contribution in [0, 0.1) is 6.92 Å². The maximum Gasteiger partial charge on any atom is 0.268 e. The number of nitrogens with zero attached hydrogens (tertiary/aromatic N) is 1. The Balaban J connectivity index is 1.68. The lowest BCUT2D eigenvalue weighted by molar-refractivity contribution is 0.590. The van der Waals surface area contributed by atoms with Gasteiger partial charge in [0.1, 0.15) is 0 Å². The lowest BCUT2D eigenvalue weighted by atomic mass is 10.00. The summed E-state index contributed by atoms with van der Waals surface area (Å²) in [5.41, 5.74) is 4.63. The molecular weight excluding hydrogens is 426 g/mol. The van der Waals surface area contributed by atoms with Crippen LogP contribution >= 0.6 is 0 Å². The van der Waals surface area contributed by atoms with Gasteiger partial charge in [0, 0.05) is 10.8 Å². The highest BCUT2D eigenvalue weighted by atomic mass is 32.2. The number of benzene rings is 5. The Hall–Kier alpha value is -3.89. The van der Waals surface area contributed by atoms with Crippen LogP contribution in [0.1, 0.15) is 5.56 Å². The highest BCUT2D eigenvalue weighted by molar-refractivity contribution is 7.90. The Morgan fingerprint density at radius 3 is 2.09 bits per heavy atom. The van der Waals surface area contributed by atoms with Crippen molar-refractivity contribution in [1.82, 2.24) is 3.97 Å². The van der Waals surface area contributed by atoms with Crippen LogP contribution in [-0.2, 0) is 10.0 Å². The molecule has 0 aliphatic carbocycles. The van der Waals surface area contributed by atoms with Crippen LogP contribution in [0.25, 0.3) is 43.7 Å².